The number of carbonyl (C=O) groups is 1. The first-order valence-corrected chi connectivity index (χ1v) is 8.39. The molecular formula is C20H20ClF2O3. The van der Waals surface area contributed by atoms with Gasteiger partial charge in [0.05, 0.1) is 12.1 Å². The number of benzene rings is 2. The number of carbonyl (C=O) groups excluding carboxylic acids is 1. The average Bonchev–Trinajstić information content (AvgIpc) is 2.59. The number of methoxy groups -OCH3 is 1. The van der Waals surface area contributed by atoms with Crippen molar-refractivity contribution in [1.82, 2.24) is 0 Å². The van der Waals surface area contributed by atoms with Crippen molar-refractivity contribution in [3.8, 4) is 5.75 Å². The molecule has 0 saturated heterocycles. The van der Waals surface area contributed by atoms with Gasteiger partial charge in [0.1, 0.15) is 5.82 Å². The molecule has 0 heterocycles. The molecule has 0 amide bonds. The highest BCUT2D eigenvalue weighted by molar-refractivity contribution is 6.30. The van der Waals surface area contributed by atoms with Gasteiger partial charge in [0.15, 0.2) is 17.3 Å². The van der Waals surface area contributed by atoms with E-state index in [2.05, 4.69) is 6.92 Å². The summed E-state index contributed by atoms with van der Waals surface area (Å²) in [6.45, 7) is 5.16. The molecule has 0 unspecified atom stereocenters. The number of ketones is 1. The van der Waals surface area contributed by atoms with Crippen molar-refractivity contribution in [2.45, 2.75) is 19.8 Å². The topological polar surface area (TPSA) is 46.5 Å². The van der Waals surface area contributed by atoms with Crippen LogP contribution < -0.4 is 4.74 Å². The Balaban J connectivity index is 2.56. The molecular weight excluding hydrogens is 362 g/mol. The molecule has 0 aliphatic carbocycles. The fraction of sp³-hybridized carbons (Fsp3) is 0.300. The van der Waals surface area contributed by atoms with E-state index in [1.54, 1.807) is 19.1 Å². The molecule has 2 aromatic rings. The standard InChI is InChI=1S/C20H20ClF2O3/c1-20(2,7-8-24)19(25)14-11-16(22)17(26-3)10-13(14)9-12-5-4-6-15(21)18(12)23/h4-6,10-11,24H,1,7-9H2,2-3H3/t20-/m0/s1. The lowest BCUT2D eigenvalue weighted by Gasteiger charge is -2.24. The maximum absolute atomic E-state index is 14.3. The molecule has 3 nitrogen and oxygen atoms in total. The Hall–Kier alpha value is -1.98. The van der Waals surface area contributed by atoms with Crippen LogP contribution in [0.3, 0.4) is 0 Å². The van der Waals surface area contributed by atoms with Gasteiger partial charge in [-0.25, -0.2) is 8.78 Å². The SMILES string of the molecule is [CH2][C@](C)(CCO)C(=O)c1cc(F)c(OC)cc1Cc1cccc(Cl)c1F. The first-order valence-electron chi connectivity index (χ1n) is 8.01. The maximum atomic E-state index is 14.3. The van der Waals surface area contributed by atoms with Crippen molar-refractivity contribution >= 4 is 17.4 Å². The average molecular weight is 382 g/mol. The second kappa shape index (κ2) is 8.14. The van der Waals surface area contributed by atoms with Crippen molar-refractivity contribution in [2.75, 3.05) is 13.7 Å². The zero-order chi connectivity index (χ0) is 19.5. The van der Waals surface area contributed by atoms with E-state index in [0.29, 0.717) is 5.56 Å². The third kappa shape index (κ3) is 4.22. The molecule has 0 aliphatic rings. The van der Waals surface area contributed by atoms with E-state index in [1.807, 2.05) is 0 Å². The van der Waals surface area contributed by atoms with Crippen LogP contribution in [-0.4, -0.2) is 24.6 Å². The summed E-state index contributed by atoms with van der Waals surface area (Å²) in [5.74, 6) is -1.79. The predicted octanol–water partition coefficient (Wildman–Crippen LogP) is 4.62. The molecule has 2 rings (SSSR count). The number of hydrogen-bond acceptors (Lipinski definition) is 3. The predicted molar refractivity (Wildman–Crippen MR) is 96.7 cm³/mol. The molecule has 0 aliphatic heterocycles. The van der Waals surface area contributed by atoms with Gasteiger partial charge in [0, 0.05) is 24.0 Å². The van der Waals surface area contributed by atoms with Gasteiger partial charge in [-0.3, -0.25) is 4.79 Å². The lowest BCUT2D eigenvalue weighted by molar-refractivity contribution is 0.0828. The summed E-state index contributed by atoms with van der Waals surface area (Å²) in [5, 5.41) is 9.12. The number of halogens is 3. The lowest BCUT2D eigenvalue weighted by Crippen LogP contribution is -2.27. The van der Waals surface area contributed by atoms with E-state index in [0.717, 1.165) is 6.07 Å². The summed E-state index contributed by atoms with van der Waals surface area (Å²) in [6, 6.07) is 7.01. The third-order valence-corrected chi connectivity index (χ3v) is 4.54. The Morgan fingerprint density at radius 2 is 2.00 bits per heavy atom. The Morgan fingerprint density at radius 3 is 2.62 bits per heavy atom. The van der Waals surface area contributed by atoms with Crippen molar-refractivity contribution < 1.29 is 23.4 Å². The Bertz CT molecular complexity index is 819. The Labute approximate surface area is 156 Å². The maximum Gasteiger partial charge on any atom is 0.169 e. The van der Waals surface area contributed by atoms with E-state index in [-0.39, 0.29) is 41.3 Å². The molecule has 1 N–H and O–H groups in total. The van der Waals surface area contributed by atoms with Crippen molar-refractivity contribution in [1.29, 1.82) is 0 Å². The highest BCUT2D eigenvalue weighted by Gasteiger charge is 2.31. The molecule has 6 heteroatoms. The first-order chi connectivity index (χ1) is 12.2. The van der Waals surface area contributed by atoms with E-state index >= 15 is 0 Å². The fourth-order valence-electron chi connectivity index (χ4n) is 2.69. The molecule has 139 valence electrons. The minimum atomic E-state index is -1.14. The minimum Gasteiger partial charge on any atom is -0.494 e. The van der Waals surface area contributed by atoms with Crippen LogP contribution >= 0.6 is 11.6 Å². The molecule has 1 radical (unpaired) electrons. The van der Waals surface area contributed by atoms with Crippen LogP contribution in [0, 0.1) is 24.0 Å². The van der Waals surface area contributed by atoms with Gasteiger partial charge in [-0.1, -0.05) is 30.7 Å². The number of Topliss-reactive ketones (excluding diaryl/α,β-unsaturated/α-hetero) is 1. The van der Waals surface area contributed by atoms with Crippen molar-refractivity contribution in [3.63, 3.8) is 0 Å². The smallest absolute Gasteiger partial charge is 0.169 e. The number of rotatable bonds is 7. The molecule has 0 aromatic heterocycles. The van der Waals surface area contributed by atoms with Gasteiger partial charge in [-0.15, -0.1) is 0 Å². The van der Waals surface area contributed by atoms with Gasteiger partial charge in [0.25, 0.3) is 0 Å². The lowest BCUT2D eigenvalue weighted by atomic mass is 9.79. The van der Waals surface area contributed by atoms with Crippen molar-refractivity contribution in [2.24, 2.45) is 5.41 Å². The van der Waals surface area contributed by atoms with Crippen LogP contribution in [0.4, 0.5) is 8.78 Å². The fourth-order valence-corrected chi connectivity index (χ4v) is 2.88. The normalized spacial score (nSPS) is 11.5. The summed E-state index contributed by atoms with van der Waals surface area (Å²) in [4.78, 5) is 12.9. The van der Waals surface area contributed by atoms with E-state index in [9.17, 15) is 13.6 Å². The minimum absolute atomic E-state index is 0.0271. The second-order valence-electron chi connectivity index (χ2n) is 6.40. The number of hydrogen-bond donors (Lipinski definition) is 1. The van der Waals surface area contributed by atoms with Gasteiger partial charge < -0.3 is 9.84 Å². The third-order valence-electron chi connectivity index (χ3n) is 4.25. The van der Waals surface area contributed by atoms with Crippen LogP contribution in [0.1, 0.15) is 34.8 Å². The zero-order valence-corrected chi connectivity index (χ0v) is 15.4. The largest absolute Gasteiger partial charge is 0.494 e. The Kier molecular flexibility index (Phi) is 6.37. The van der Waals surface area contributed by atoms with Crippen LogP contribution in [-0.2, 0) is 6.42 Å². The quantitative estimate of drug-likeness (QED) is 0.712. The van der Waals surface area contributed by atoms with Crippen molar-refractivity contribution in [3.05, 3.63) is 70.6 Å². The van der Waals surface area contributed by atoms with Crippen LogP contribution in [0.2, 0.25) is 5.02 Å². The molecule has 0 fully saturated rings. The molecule has 0 saturated carbocycles. The summed E-state index contributed by atoms with van der Waals surface area (Å²) >= 11 is 5.82. The summed E-state index contributed by atoms with van der Waals surface area (Å²) in [5.41, 5.74) is -0.402. The molecule has 2 aromatic carbocycles. The van der Waals surface area contributed by atoms with Gasteiger partial charge >= 0.3 is 0 Å². The summed E-state index contributed by atoms with van der Waals surface area (Å²) in [6.07, 6.45) is 0.143. The summed E-state index contributed by atoms with van der Waals surface area (Å²) in [7, 11) is 1.31. The molecule has 26 heavy (non-hydrogen) atoms. The number of aliphatic hydroxyl groups is 1. The first kappa shape index (κ1) is 20.3. The molecule has 1 atom stereocenters. The van der Waals surface area contributed by atoms with E-state index in [4.69, 9.17) is 21.4 Å². The number of aliphatic hydroxyl groups excluding tert-OH is 1. The van der Waals surface area contributed by atoms with Crippen LogP contribution in [0.15, 0.2) is 30.3 Å². The summed E-state index contributed by atoms with van der Waals surface area (Å²) < 4.78 is 33.5. The monoisotopic (exact) mass is 381 g/mol. The second-order valence-corrected chi connectivity index (χ2v) is 6.80. The van der Waals surface area contributed by atoms with Crippen LogP contribution in [0.5, 0.6) is 5.75 Å². The van der Waals surface area contributed by atoms with Gasteiger partial charge in [0.2, 0.25) is 0 Å². The molecule has 0 bridgehead atoms. The van der Waals surface area contributed by atoms with Gasteiger partial charge in [-0.2, -0.15) is 0 Å². The highest BCUT2D eigenvalue weighted by Crippen LogP contribution is 2.32. The number of ether oxygens (including phenoxy) is 1. The van der Waals surface area contributed by atoms with E-state index in [1.165, 1.54) is 19.2 Å². The highest BCUT2D eigenvalue weighted by atomic mass is 35.5. The van der Waals surface area contributed by atoms with Crippen LogP contribution in [0.25, 0.3) is 0 Å². The Morgan fingerprint density at radius 1 is 1.31 bits per heavy atom. The molecule has 0 spiro atoms. The zero-order valence-electron chi connectivity index (χ0n) is 14.6. The van der Waals surface area contributed by atoms with Gasteiger partial charge in [-0.05, 0) is 42.7 Å². The van der Waals surface area contributed by atoms with E-state index < -0.39 is 22.8 Å².